The van der Waals surface area contributed by atoms with Crippen molar-refractivity contribution in [2.45, 2.75) is 6.61 Å². The molecule has 1 fully saturated rings. The lowest BCUT2D eigenvalue weighted by atomic mass is 10.1. The largest absolute Gasteiger partial charge is 0.488 e. The molecule has 3 aromatic carbocycles. The number of nitrogens with one attached hydrogen (secondary N) is 1. The summed E-state index contributed by atoms with van der Waals surface area (Å²) in [6.07, 6.45) is 1.42. The SMILES string of the molecule is O=C1NC(=S)N(c2ccccc2F)C(=O)/C1=C/c1ccc(OCc2ccc3c(c2)OCO3)c(Br)c1. The summed E-state index contributed by atoms with van der Waals surface area (Å²) in [7, 11) is 0. The first-order chi connectivity index (χ1) is 16.9. The van der Waals surface area contributed by atoms with Crippen LogP contribution in [0.1, 0.15) is 11.1 Å². The highest BCUT2D eigenvalue weighted by atomic mass is 79.9. The summed E-state index contributed by atoms with van der Waals surface area (Å²) < 4.78 is 31.5. The Balaban J connectivity index is 1.35. The second kappa shape index (κ2) is 9.47. The Morgan fingerprint density at radius 1 is 1.09 bits per heavy atom. The number of ether oxygens (including phenoxy) is 3. The number of para-hydroxylation sites is 1. The second-order valence-electron chi connectivity index (χ2n) is 7.58. The number of fused-ring (bicyclic) bond motifs is 1. The second-order valence-corrected chi connectivity index (χ2v) is 8.82. The first kappa shape index (κ1) is 23.0. The molecule has 176 valence electrons. The smallest absolute Gasteiger partial charge is 0.270 e. The molecule has 2 aliphatic heterocycles. The van der Waals surface area contributed by atoms with Crippen molar-refractivity contribution in [3.63, 3.8) is 0 Å². The zero-order valence-corrected chi connectivity index (χ0v) is 20.3. The van der Waals surface area contributed by atoms with Gasteiger partial charge < -0.3 is 14.2 Å². The maximum absolute atomic E-state index is 14.3. The highest BCUT2D eigenvalue weighted by Crippen LogP contribution is 2.34. The summed E-state index contributed by atoms with van der Waals surface area (Å²) >= 11 is 8.58. The van der Waals surface area contributed by atoms with Gasteiger partial charge in [0.2, 0.25) is 6.79 Å². The van der Waals surface area contributed by atoms with Crippen LogP contribution >= 0.6 is 28.1 Å². The minimum Gasteiger partial charge on any atom is -0.488 e. The topological polar surface area (TPSA) is 77.1 Å². The first-order valence-corrected chi connectivity index (χ1v) is 11.6. The number of rotatable bonds is 5. The number of carbonyl (C=O) groups excluding carboxylic acids is 2. The van der Waals surface area contributed by atoms with Gasteiger partial charge in [0.05, 0.1) is 10.2 Å². The van der Waals surface area contributed by atoms with Crippen LogP contribution in [0.25, 0.3) is 6.08 Å². The maximum Gasteiger partial charge on any atom is 0.270 e. The van der Waals surface area contributed by atoms with Crippen LogP contribution in [0, 0.1) is 5.82 Å². The van der Waals surface area contributed by atoms with Crippen LogP contribution in [-0.4, -0.2) is 23.7 Å². The fourth-order valence-electron chi connectivity index (χ4n) is 3.59. The third-order valence-corrected chi connectivity index (χ3v) is 6.20. The quantitative estimate of drug-likeness (QED) is 0.279. The molecule has 3 aromatic rings. The van der Waals surface area contributed by atoms with Gasteiger partial charge in [-0.15, -0.1) is 0 Å². The zero-order chi connectivity index (χ0) is 24.5. The van der Waals surface area contributed by atoms with E-state index >= 15 is 0 Å². The number of thiocarbonyl (C=S) groups is 1. The normalized spacial score (nSPS) is 16.0. The molecule has 0 aliphatic carbocycles. The Morgan fingerprint density at radius 3 is 2.69 bits per heavy atom. The minimum absolute atomic E-state index is 0.0400. The molecule has 0 saturated carbocycles. The standard InChI is InChI=1S/C25H16BrFN2O5S/c26-17-10-14(5-7-20(17)32-12-15-6-8-21-22(11-15)34-13-33-21)9-16-23(30)28-25(35)29(24(16)31)19-4-2-1-3-18(19)27/h1-11H,12-13H2,(H,28,30,35)/b16-9+. The molecule has 0 radical (unpaired) electrons. The number of hydrogen-bond donors (Lipinski definition) is 1. The van der Waals surface area contributed by atoms with E-state index < -0.39 is 17.6 Å². The van der Waals surface area contributed by atoms with Gasteiger partial charge in [0.15, 0.2) is 16.6 Å². The molecule has 35 heavy (non-hydrogen) atoms. The van der Waals surface area contributed by atoms with E-state index in [0.29, 0.717) is 33.9 Å². The highest BCUT2D eigenvalue weighted by Gasteiger charge is 2.35. The van der Waals surface area contributed by atoms with Crippen LogP contribution < -0.4 is 24.4 Å². The van der Waals surface area contributed by atoms with E-state index in [4.69, 9.17) is 26.4 Å². The number of anilines is 1. The van der Waals surface area contributed by atoms with Crippen LogP contribution in [0.4, 0.5) is 10.1 Å². The van der Waals surface area contributed by atoms with E-state index in [9.17, 15) is 14.0 Å². The van der Waals surface area contributed by atoms with Crippen molar-refractivity contribution in [1.29, 1.82) is 0 Å². The zero-order valence-electron chi connectivity index (χ0n) is 17.9. The van der Waals surface area contributed by atoms with Crippen molar-refractivity contribution in [1.82, 2.24) is 5.32 Å². The van der Waals surface area contributed by atoms with E-state index in [0.717, 1.165) is 10.5 Å². The van der Waals surface area contributed by atoms with E-state index in [1.807, 2.05) is 18.2 Å². The molecule has 0 unspecified atom stereocenters. The first-order valence-electron chi connectivity index (χ1n) is 10.4. The molecule has 2 heterocycles. The average molecular weight is 555 g/mol. The van der Waals surface area contributed by atoms with Crippen LogP contribution in [0.5, 0.6) is 17.2 Å². The molecule has 1 N–H and O–H groups in total. The summed E-state index contributed by atoms with van der Waals surface area (Å²) in [6, 6.07) is 16.4. The molecule has 5 rings (SSSR count). The Labute approximate surface area is 213 Å². The third-order valence-electron chi connectivity index (χ3n) is 5.29. The molecule has 7 nitrogen and oxygen atoms in total. The molecule has 1 saturated heterocycles. The molecule has 0 spiro atoms. The molecule has 0 aromatic heterocycles. The molecule has 2 amide bonds. The highest BCUT2D eigenvalue weighted by molar-refractivity contribution is 9.10. The summed E-state index contributed by atoms with van der Waals surface area (Å²) in [5.74, 6) is -0.0758. The summed E-state index contributed by atoms with van der Waals surface area (Å²) in [4.78, 5) is 26.6. The van der Waals surface area contributed by atoms with E-state index in [2.05, 4.69) is 21.2 Å². The summed E-state index contributed by atoms with van der Waals surface area (Å²) in [5, 5.41) is 2.26. The van der Waals surface area contributed by atoms with Gasteiger partial charge in [0, 0.05) is 0 Å². The van der Waals surface area contributed by atoms with Crippen molar-refractivity contribution < 1.29 is 28.2 Å². The van der Waals surface area contributed by atoms with Crippen molar-refractivity contribution >= 4 is 56.8 Å². The van der Waals surface area contributed by atoms with Gasteiger partial charge in [-0.2, -0.15) is 0 Å². The van der Waals surface area contributed by atoms with Crippen LogP contribution in [-0.2, 0) is 16.2 Å². The number of amides is 2. The van der Waals surface area contributed by atoms with E-state index in [1.165, 1.54) is 24.3 Å². The van der Waals surface area contributed by atoms with Crippen LogP contribution in [0.15, 0.2) is 70.7 Å². The van der Waals surface area contributed by atoms with Crippen molar-refractivity contribution in [3.8, 4) is 17.2 Å². The van der Waals surface area contributed by atoms with Crippen LogP contribution in [0.2, 0.25) is 0 Å². The lowest BCUT2D eigenvalue weighted by molar-refractivity contribution is -0.122. The molecule has 0 bridgehead atoms. The Hall–Kier alpha value is -3.76. The molecule has 0 atom stereocenters. The van der Waals surface area contributed by atoms with Crippen molar-refractivity contribution in [2.75, 3.05) is 11.7 Å². The fourth-order valence-corrected chi connectivity index (χ4v) is 4.38. The maximum atomic E-state index is 14.3. The lowest BCUT2D eigenvalue weighted by Crippen LogP contribution is -2.54. The Morgan fingerprint density at radius 2 is 1.89 bits per heavy atom. The Kier molecular flexibility index (Phi) is 6.23. The monoisotopic (exact) mass is 554 g/mol. The predicted octanol–water partition coefficient (Wildman–Crippen LogP) is 4.73. The molecule has 2 aliphatic rings. The number of benzene rings is 3. The van der Waals surface area contributed by atoms with Gasteiger partial charge in [-0.25, -0.2) is 9.29 Å². The molecule has 10 heteroatoms. The number of carbonyl (C=O) groups is 2. The van der Waals surface area contributed by atoms with Crippen molar-refractivity contribution in [2.24, 2.45) is 0 Å². The van der Waals surface area contributed by atoms with Gasteiger partial charge in [0.25, 0.3) is 11.8 Å². The Bertz CT molecular complexity index is 1410. The van der Waals surface area contributed by atoms with Crippen molar-refractivity contribution in [3.05, 3.63) is 87.7 Å². The van der Waals surface area contributed by atoms with Gasteiger partial charge in [-0.05, 0) is 81.7 Å². The van der Waals surface area contributed by atoms with Gasteiger partial charge in [0.1, 0.15) is 23.7 Å². The predicted molar refractivity (Wildman–Crippen MR) is 134 cm³/mol. The van der Waals surface area contributed by atoms with Gasteiger partial charge in [-0.1, -0.05) is 24.3 Å². The van der Waals surface area contributed by atoms with Crippen LogP contribution in [0.3, 0.4) is 0 Å². The average Bonchev–Trinajstić information content (AvgIpc) is 3.30. The third kappa shape index (κ3) is 4.62. The fraction of sp³-hybridized carbons (Fsp3) is 0.0800. The van der Waals surface area contributed by atoms with E-state index in [-0.39, 0.29) is 23.2 Å². The summed E-state index contributed by atoms with van der Waals surface area (Å²) in [6.45, 7) is 0.498. The number of hydrogen-bond acceptors (Lipinski definition) is 6. The summed E-state index contributed by atoms with van der Waals surface area (Å²) in [5.41, 5.74) is 1.25. The van der Waals surface area contributed by atoms with E-state index in [1.54, 1.807) is 24.3 Å². The molecular formula is C25H16BrFN2O5S. The molecular weight excluding hydrogens is 539 g/mol. The minimum atomic E-state index is -0.719. The van der Waals surface area contributed by atoms with Gasteiger partial charge >= 0.3 is 0 Å². The van der Waals surface area contributed by atoms with Gasteiger partial charge in [-0.3, -0.25) is 14.9 Å². The number of nitrogens with zero attached hydrogens (tertiary/aromatic N) is 1. The lowest BCUT2D eigenvalue weighted by Gasteiger charge is -2.29. The number of halogens is 2.